The summed E-state index contributed by atoms with van der Waals surface area (Å²) in [5, 5.41) is 9.89. The molecule has 2 N–H and O–H groups in total. The van der Waals surface area contributed by atoms with Crippen LogP contribution in [0.25, 0.3) is 11.4 Å². The first-order valence-electron chi connectivity index (χ1n) is 7.28. The molecule has 5 nitrogen and oxygen atoms in total. The summed E-state index contributed by atoms with van der Waals surface area (Å²) in [5.41, 5.74) is 2.22. The van der Waals surface area contributed by atoms with E-state index in [-0.39, 0.29) is 17.5 Å². The number of nitrogens with one attached hydrogen (secondary N) is 2. The number of H-pyrrole nitrogens is 1. The molecule has 0 radical (unpaired) electrons. The van der Waals surface area contributed by atoms with Gasteiger partial charge in [0, 0.05) is 5.69 Å². The van der Waals surface area contributed by atoms with Crippen molar-refractivity contribution in [3.8, 4) is 11.4 Å². The predicted molar refractivity (Wildman–Crippen MR) is 92.3 cm³/mol. The molecule has 1 amide bonds. The highest BCUT2D eigenvalue weighted by atomic mass is 32.2. The maximum Gasteiger partial charge on any atom is 0.234 e. The Morgan fingerprint density at radius 2 is 1.96 bits per heavy atom. The van der Waals surface area contributed by atoms with Crippen molar-refractivity contribution in [3.05, 3.63) is 59.9 Å². The van der Waals surface area contributed by atoms with Gasteiger partial charge in [-0.1, -0.05) is 41.6 Å². The normalized spacial score (nSPS) is 10.6. The summed E-state index contributed by atoms with van der Waals surface area (Å²) < 4.78 is 13.7. The first kappa shape index (κ1) is 16.2. The molecule has 0 aliphatic heterocycles. The van der Waals surface area contributed by atoms with Crippen LogP contribution in [0.4, 0.5) is 10.1 Å². The highest BCUT2D eigenvalue weighted by Gasteiger charge is 2.11. The minimum absolute atomic E-state index is 0.152. The zero-order chi connectivity index (χ0) is 16.9. The molecule has 3 aromatic rings. The average molecular weight is 342 g/mol. The third-order valence-electron chi connectivity index (χ3n) is 3.26. The second-order valence-corrected chi connectivity index (χ2v) is 6.09. The van der Waals surface area contributed by atoms with E-state index in [0.717, 1.165) is 11.3 Å². The van der Waals surface area contributed by atoms with Crippen LogP contribution in [0, 0.1) is 12.7 Å². The number of aromatic amines is 1. The Balaban J connectivity index is 1.58. The highest BCUT2D eigenvalue weighted by molar-refractivity contribution is 7.99. The van der Waals surface area contributed by atoms with Gasteiger partial charge in [-0.25, -0.2) is 9.37 Å². The molecule has 3 rings (SSSR count). The number of aryl methyl sites for hydroxylation is 1. The fourth-order valence-electron chi connectivity index (χ4n) is 2.05. The molecule has 1 aromatic heterocycles. The van der Waals surface area contributed by atoms with Crippen LogP contribution in [-0.2, 0) is 4.79 Å². The Labute approximate surface area is 142 Å². The van der Waals surface area contributed by atoms with Crippen LogP contribution >= 0.6 is 11.8 Å². The van der Waals surface area contributed by atoms with Crippen molar-refractivity contribution in [2.75, 3.05) is 11.1 Å². The van der Waals surface area contributed by atoms with Gasteiger partial charge in [0.25, 0.3) is 0 Å². The highest BCUT2D eigenvalue weighted by Crippen LogP contribution is 2.21. The molecular formula is C17H15FN4OS. The van der Waals surface area contributed by atoms with Gasteiger partial charge in [-0.15, -0.1) is 5.10 Å². The fraction of sp³-hybridized carbons (Fsp3) is 0.118. The first-order chi connectivity index (χ1) is 11.6. The summed E-state index contributed by atoms with van der Waals surface area (Å²) in [5.74, 6) is -0.0134. The fourth-order valence-corrected chi connectivity index (χ4v) is 2.65. The van der Waals surface area contributed by atoms with Gasteiger partial charge in [0.1, 0.15) is 5.82 Å². The van der Waals surface area contributed by atoms with Crippen LogP contribution in [0.3, 0.4) is 0 Å². The number of benzene rings is 2. The number of carbonyl (C=O) groups is 1. The van der Waals surface area contributed by atoms with E-state index in [9.17, 15) is 9.18 Å². The third-order valence-corrected chi connectivity index (χ3v) is 4.11. The largest absolute Gasteiger partial charge is 0.325 e. The van der Waals surface area contributed by atoms with Gasteiger partial charge in [-0.05, 0) is 31.2 Å². The number of nitrogens with zero attached hydrogens (tertiary/aromatic N) is 2. The van der Waals surface area contributed by atoms with E-state index in [1.54, 1.807) is 18.2 Å². The van der Waals surface area contributed by atoms with E-state index in [2.05, 4.69) is 20.5 Å². The van der Waals surface area contributed by atoms with Gasteiger partial charge in [0.15, 0.2) is 5.82 Å². The Bertz CT molecular complexity index is 848. The zero-order valence-corrected chi connectivity index (χ0v) is 13.7. The van der Waals surface area contributed by atoms with Crippen molar-refractivity contribution in [3.63, 3.8) is 0 Å². The molecule has 122 valence electrons. The van der Waals surface area contributed by atoms with Crippen molar-refractivity contribution in [2.24, 2.45) is 0 Å². The summed E-state index contributed by atoms with van der Waals surface area (Å²) in [6.07, 6.45) is 0. The second-order valence-electron chi connectivity index (χ2n) is 5.15. The number of carbonyl (C=O) groups excluding carboxylic acids is 1. The van der Waals surface area contributed by atoms with E-state index >= 15 is 0 Å². The lowest BCUT2D eigenvalue weighted by Gasteiger charge is -2.04. The Morgan fingerprint density at radius 3 is 2.71 bits per heavy atom. The van der Waals surface area contributed by atoms with Gasteiger partial charge >= 0.3 is 0 Å². The molecule has 0 saturated heterocycles. The van der Waals surface area contributed by atoms with Crippen LogP contribution in [-0.4, -0.2) is 26.8 Å². The molecular weight excluding hydrogens is 327 g/mol. The van der Waals surface area contributed by atoms with Crippen LogP contribution in [0.1, 0.15) is 5.56 Å². The Morgan fingerprint density at radius 1 is 1.21 bits per heavy atom. The van der Waals surface area contributed by atoms with Gasteiger partial charge in [-0.3, -0.25) is 9.89 Å². The SMILES string of the molecule is Cc1ccc(NC(=O)CSc2n[nH]c(-c3ccccc3F)n2)cc1. The molecule has 0 aliphatic carbocycles. The lowest BCUT2D eigenvalue weighted by molar-refractivity contribution is -0.113. The van der Waals surface area contributed by atoms with Gasteiger partial charge in [-0.2, -0.15) is 0 Å². The molecule has 2 aromatic carbocycles. The number of aromatic nitrogens is 3. The maximum absolute atomic E-state index is 13.7. The van der Waals surface area contributed by atoms with Crippen molar-refractivity contribution in [1.82, 2.24) is 15.2 Å². The summed E-state index contributed by atoms with van der Waals surface area (Å²) in [6, 6.07) is 13.9. The number of hydrogen-bond donors (Lipinski definition) is 2. The predicted octanol–water partition coefficient (Wildman–Crippen LogP) is 3.65. The summed E-state index contributed by atoms with van der Waals surface area (Å²) in [4.78, 5) is 16.2. The van der Waals surface area contributed by atoms with E-state index in [0.29, 0.717) is 16.5 Å². The van der Waals surface area contributed by atoms with Crippen molar-refractivity contribution >= 4 is 23.4 Å². The second kappa shape index (κ2) is 7.27. The summed E-state index contributed by atoms with van der Waals surface area (Å²) in [6.45, 7) is 1.98. The number of anilines is 1. The lowest BCUT2D eigenvalue weighted by Crippen LogP contribution is -2.14. The summed E-state index contributed by atoms with van der Waals surface area (Å²) >= 11 is 1.18. The number of amides is 1. The zero-order valence-electron chi connectivity index (χ0n) is 12.9. The minimum Gasteiger partial charge on any atom is -0.325 e. The van der Waals surface area contributed by atoms with Gasteiger partial charge < -0.3 is 5.32 Å². The van der Waals surface area contributed by atoms with E-state index in [1.807, 2.05) is 31.2 Å². The van der Waals surface area contributed by atoms with Crippen molar-refractivity contribution in [1.29, 1.82) is 0 Å². The van der Waals surface area contributed by atoms with Crippen LogP contribution in [0.15, 0.2) is 53.7 Å². The first-order valence-corrected chi connectivity index (χ1v) is 8.27. The van der Waals surface area contributed by atoms with Gasteiger partial charge in [0.2, 0.25) is 11.1 Å². The molecule has 0 bridgehead atoms. The van der Waals surface area contributed by atoms with Crippen LogP contribution in [0.2, 0.25) is 0 Å². The number of hydrogen-bond acceptors (Lipinski definition) is 4. The molecule has 24 heavy (non-hydrogen) atoms. The van der Waals surface area contributed by atoms with E-state index in [1.165, 1.54) is 17.8 Å². The molecule has 0 saturated carbocycles. The standard InChI is InChI=1S/C17H15FN4OS/c1-11-6-8-12(9-7-11)19-15(23)10-24-17-20-16(21-22-17)13-4-2-3-5-14(13)18/h2-9H,10H2,1H3,(H,19,23)(H,20,21,22). The van der Waals surface area contributed by atoms with Crippen LogP contribution in [0.5, 0.6) is 0 Å². The Kier molecular flexibility index (Phi) is 4.90. The van der Waals surface area contributed by atoms with Crippen molar-refractivity contribution < 1.29 is 9.18 Å². The molecule has 0 fully saturated rings. The molecule has 1 heterocycles. The maximum atomic E-state index is 13.7. The van der Waals surface area contributed by atoms with Gasteiger partial charge in [0.05, 0.1) is 11.3 Å². The number of rotatable bonds is 5. The number of thioether (sulfide) groups is 1. The third kappa shape index (κ3) is 3.99. The Hall–Kier alpha value is -2.67. The summed E-state index contributed by atoms with van der Waals surface area (Å²) in [7, 11) is 0. The quantitative estimate of drug-likeness (QED) is 0.694. The van der Waals surface area contributed by atoms with E-state index in [4.69, 9.17) is 0 Å². The molecule has 0 unspecified atom stereocenters. The average Bonchev–Trinajstić information content (AvgIpc) is 3.04. The number of halogens is 1. The molecule has 7 heteroatoms. The topological polar surface area (TPSA) is 70.7 Å². The molecule has 0 atom stereocenters. The molecule has 0 aliphatic rings. The van der Waals surface area contributed by atoms with E-state index < -0.39 is 0 Å². The smallest absolute Gasteiger partial charge is 0.234 e. The lowest BCUT2D eigenvalue weighted by atomic mass is 10.2. The van der Waals surface area contributed by atoms with Crippen molar-refractivity contribution in [2.45, 2.75) is 12.1 Å². The van der Waals surface area contributed by atoms with Crippen LogP contribution < -0.4 is 5.32 Å². The minimum atomic E-state index is -0.373. The monoisotopic (exact) mass is 342 g/mol. The molecule has 0 spiro atoms.